The van der Waals surface area contributed by atoms with Gasteiger partial charge in [0, 0.05) is 12.8 Å². The number of carbonyl (C=O) groups excluding carboxylic acids is 1. The van der Waals surface area contributed by atoms with Gasteiger partial charge in [0.1, 0.15) is 5.78 Å². The van der Waals surface area contributed by atoms with Crippen LogP contribution >= 0.6 is 0 Å². The van der Waals surface area contributed by atoms with E-state index in [1.165, 1.54) is 0 Å². The Balaban J connectivity index is 0.000000206. The van der Waals surface area contributed by atoms with E-state index in [1.54, 1.807) is 55.5 Å². The third-order valence-corrected chi connectivity index (χ3v) is 9.40. The quantitative estimate of drug-likeness (QED) is 0.516. The van der Waals surface area contributed by atoms with Crippen LogP contribution in [0.5, 0.6) is 0 Å². The van der Waals surface area contributed by atoms with E-state index in [0.29, 0.717) is 51.4 Å². The number of aliphatic hydroxyl groups is 1. The zero-order valence-electron chi connectivity index (χ0n) is 21.6. The first kappa shape index (κ1) is 29.4. The lowest BCUT2D eigenvalue weighted by atomic mass is 9.85. The van der Waals surface area contributed by atoms with Gasteiger partial charge in [-0.05, 0) is 83.6 Å². The number of carbonyl (C=O) groups is 1. The second-order valence-electron chi connectivity index (χ2n) is 10.2. The Hall–Kier alpha value is -2.11. The molecule has 8 nitrogen and oxygen atoms in total. The molecule has 0 amide bonds. The Labute approximate surface area is 220 Å². The molecule has 0 unspecified atom stereocenters. The molecule has 2 saturated carbocycles. The number of benzene rings is 2. The Morgan fingerprint density at radius 1 is 0.703 bits per heavy atom. The molecule has 2 aliphatic rings. The third-order valence-electron chi connectivity index (χ3n) is 6.64. The van der Waals surface area contributed by atoms with Crippen molar-refractivity contribution in [3.63, 3.8) is 0 Å². The molecule has 0 bridgehead atoms. The predicted octanol–water partition coefficient (Wildman–Crippen LogP) is 4.61. The highest BCUT2D eigenvalue weighted by molar-refractivity contribution is 7.87. The minimum absolute atomic E-state index is 0.171. The molecule has 37 heavy (non-hydrogen) atoms. The van der Waals surface area contributed by atoms with Gasteiger partial charge >= 0.3 is 0 Å². The highest BCUT2D eigenvalue weighted by atomic mass is 32.2. The van der Waals surface area contributed by atoms with Gasteiger partial charge in [0.05, 0.1) is 27.6 Å². The molecule has 2 fully saturated rings. The van der Waals surface area contributed by atoms with Gasteiger partial charge in [-0.1, -0.05) is 35.4 Å². The number of hydrogen-bond donors (Lipinski definition) is 1. The number of Topliss-reactive ketones (excluding diaryl/α,β-unsaturated/α-hetero) is 1. The van der Waals surface area contributed by atoms with Gasteiger partial charge in [-0.3, -0.25) is 13.2 Å². The van der Waals surface area contributed by atoms with Crippen LogP contribution in [-0.4, -0.2) is 45.5 Å². The first-order chi connectivity index (χ1) is 17.3. The zero-order chi connectivity index (χ0) is 27.3. The Morgan fingerprint density at radius 3 is 1.43 bits per heavy atom. The second-order valence-corrected chi connectivity index (χ2v) is 13.3. The van der Waals surface area contributed by atoms with Crippen molar-refractivity contribution < 1.29 is 35.1 Å². The van der Waals surface area contributed by atoms with Crippen molar-refractivity contribution in [3.8, 4) is 0 Å². The SMILES string of the molecule is Cc1ccc(S(=O)(=O)OC2CCC(=O)CC2)cc1.Cc1ccc(S(=O)(=O)OC2CCC(C)(O)CC2)cc1. The van der Waals surface area contributed by atoms with E-state index in [2.05, 4.69) is 0 Å². The lowest BCUT2D eigenvalue weighted by Crippen LogP contribution is -2.34. The maximum Gasteiger partial charge on any atom is 0.297 e. The fourth-order valence-corrected chi connectivity index (χ4v) is 6.46. The van der Waals surface area contributed by atoms with E-state index in [9.17, 15) is 26.7 Å². The minimum Gasteiger partial charge on any atom is -0.390 e. The van der Waals surface area contributed by atoms with E-state index in [0.717, 1.165) is 11.1 Å². The summed E-state index contributed by atoms with van der Waals surface area (Å²) in [5.41, 5.74) is 1.32. The molecule has 0 spiro atoms. The van der Waals surface area contributed by atoms with Crippen LogP contribution in [0.2, 0.25) is 0 Å². The molecule has 0 atom stereocenters. The Bertz CT molecular complexity index is 1240. The van der Waals surface area contributed by atoms with Gasteiger partial charge < -0.3 is 5.11 Å². The maximum absolute atomic E-state index is 12.1. The fourth-order valence-electron chi connectivity index (χ4n) is 4.20. The van der Waals surface area contributed by atoms with E-state index >= 15 is 0 Å². The van der Waals surface area contributed by atoms with E-state index < -0.39 is 25.8 Å². The summed E-state index contributed by atoms with van der Waals surface area (Å²) in [6, 6.07) is 13.2. The van der Waals surface area contributed by atoms with Crippen molar-refractivity contribution in [1.82, 2.24) is 0 Å². The topological polar surface area (TPSA) is 124 Å². The molecule has 204 valence electrons. The van der Waals surface area contributed by atoms with Crippen molar-refractivity contribution in [1.29, 1.82) is 0 Å². The summed E-state index contributed by atoms with van der Waals surface area (Å²) < 4.78 is 58.6. The van der Waals surface area contributed by atoms with Gasteiger partial charge in [-0.25, -0.2) is 0 Å². The van der Waals surface area contributed by atoms with Crippen LogP contribution in [0.3, 0.4) is 0 Å². The first-order valence-corrected chi connectivity index (χ1v) is 15.3. The van der Waals surface area contributed by atoms with Gasteiger partial charge in [-0.2, -0.15) is 16.8 Å². The molecule has 0 aromatic heterocycles. The molecule has 1 N–H and O–H groups in total. The largest absolute Gasteiger partial charge is 0.390 e. The van der Waals surface area contributed by atoms with Crippen LogP contribution in [0.1, 0.15) is 69.4 Å². The molecule has 4 rings (SSSR count). The summed E-state index contributed by atoms with van der Waals surface area (Å²) >= 11 is 0. The summed E-state index contributed by atoms with van der Waals surface area (Å²) in [7, 11) is -7.40. The molecule has 10 heteroatoms. The maximum atomic E-state index is 12.1. The number of hydrogen-bond acceptors (Lipinski definition) is 8. The van der Waals surface area contributed by atoms with Crippen molar-refractivity contribution >= 4 is 26.0 Å². The van der Waals surface area contributed by atoms with Gasteiger partial charge in [0.2, 0.25) is 0 Å². The van der Waals surface area contributed by atoms with E-state index in [-0.39, 0.29) is 27.8 Å². The number of ketones is 1. The molecule has 0 heterocycles. The molecule has 0 aliphatic heterocycles. The lowest BCUT2D eigenvalue weighted by molar-refractivity contribution is -0.121. The van der Waals surface area contributed by atoms with E-state index in [4.69, 9.17) is 8.37 Å². The van der Waals surface area contributed by atoms with Crippen molar-refractivity contribution in [3.05, 3.63) is 59.7 Å². The van der Waals surface area contributed by atoms with Crippen molar-refractivity contribution in [2.75, 3.05) is 0 Å². The molecule has 2 aliphatic carbocycles. The highest BCUT2D eigenvalue weighted by Gasteiger charge is 2.32. The van der Waals surface area contributed by atoms with Crippen LogP contribution in [0.4, 0.5) is 0 Å². The minimum atomic E-state index is -3.71. The first-order valence-electron chi connectivity index (χ1n) is 12.5. The van der Waals surface area contributed by atoms with Crippen LogP contribution in [-0.2, 0) is 33.4 Å². The summed E-state index contributed by atoms with van der Waals surface area (Å²) in [5, 5.41) is 9.83. The highest BCUT2D eigenvalue weighted by Crippen LogP contribution is 2.31. The monoisotopic (exact) mass is 552 g/mol. The summed E-state index contributed by atoms with van der Waals surface area (Å²) in [6.07, 6.45) is 3.38. The number of aryl methyl sites for hydroxylation is 2. The van der Waals surface area contributed by atoms with Gasteiger partial charge in [0.25, 0.3) is 20.2 Å². The molecule has 0 saturated heterocycles. The number of rotatable bonds is 6. The average molecular weight is 553 g/mol. The van der Waals surface area contributed by atoms with Crippen LogP contribution in [0, 0.1) is 13.8 Å². The van der Waals surface area contributed by atoms with Crippen LogP contribution < -0.4 is 0 Å². The molecule has 0 radical (unpaired) electrons. The Kier molecular flexibility index (Phi) is 9.68. The fraction of sp³-hybridized carbons (Fsp3) is 0.519. The Morgan fingerprint density at radius 2 is 1.05 bits per heavy atom. The molecule has 2 aromatic carbocycles. The average Bonchev–Trinajstić information content (AvgIpc) is 2.83. The summed E-state index contributed by atoms with van der Waals surface area (Å²) in [6.45, 7) is 5.57. The van der Waals surface area contributed by atoms with Crippen LogP contribution in [0.25, 0.3) is 0 Å². The van der Waals surface area contributed by atoms with Gasteiger partial charge in [-0.15, -0.1) is 0 Å². The molecular formula is C27H36O8S2. The third kappa shape index (κ3) is 9.00. The van der Waals surface area contributed by atoms with E-state index in [1.807, 2.05) is 13.8 Å². The summed E-state index contributed by atoms with van der Waals surface area (Å²) in [5.74, 6) is 0.183. The standard InChI is InChI=1S/C14H20O4S.C13H16O4S/c1-11-3-5-13(6-4-11)19(16,17)18-12-7-9-14(2,15)10-8-12;1-10-2-8-13(9-3-10)18(15,16)17-12-6-4-11(14)5-7-12/h3-6,12,15H,7-10H2,1-2H3;2-3,8-9,12H,4-7H2,1H3. The van der Waals surface area contributed by atoms with Crippen molar-refractivity contribution in [2.45, 2.75) is 99.7 Å². The second kappa shape index (κ2) is 12.2. The van der Waals surface area contributed by atoms with Crippen molar-refractivity contribution in [2.24, 2.45) is 0 Å². The molecule has 2 aromatic rings. The van der Waals surface area contributed by atoms with Gasteiger partial charge in [0.15, 0.2) is 0 Å². The van der Waals surface area contributed by atoms with Crippen LogP contribution in [0.15, 0.2) is 58.3 Å². The lowest BCUT2D eigenvalue weighted by Gasteiger charge is -2.32. The smallest absolute Gasteiger partial charge is 0.297 e. The predicted molar refractivity (Wildman–Crippen MR) is 139 cm³/mol. The molecular weight excluding hydrogens is 516 g/mol. The summed E-state index contributed by atoms with van der Waals surface area (Å²) in [4.78, 5) is 11.4. The normalized spacial score (nSPS) is 23.2. The zero-order valence-corrected chi connectivity index (χ0v) is 23.2.